The lowest BCUT2D eigenvalue weighted by Crippen LogP contribution is -2.24. The van der Waals surface area contributed by atoms with Gasteiger partial charge in [0, 0.05) is 6.20 Å². The molecule has 2 rings (SSSR count). The summed E-state index contributed by atoms with van der Waals surface area (Å²) < 4.78 is 0. The zero-order valence-electron chi connectivity index (χ0n) is 8.46. The van der Waals surface area contributed by atoms with E-state index in [1.807, 2.05) is 30.3 Å². The van der Waals surface area contributed by atoms with Crippen molar-refractivity contribution in [2.75, 3.05) is 0 Å². The van der Waals surface area contributed by atoms with Crippen molar-refractivity contribution >= 4 is 0 Å². The topological polar surface area (TPSA) is 46.0 Å². The second-order valence-electron chi connectivity index (χ2n) is 3.55. The molecule has 0 amide bonds. The average molecular weight is 200 g/mol. The van der Waals surface area contributed by atoms with Crippen LogP contribution in [0.1, 0.15) is 18.2 Å². The first-order chi connectivity index (χ1) is 7.21. The monoisotopic (exact) mass is 200 g/mol. The summed E-state index contributed by atoms with van der Waals surface area (Å²) in [6.45, 7) is 1.71. The molecule has 0 aliphatic heterocycles. The average Bonchev–Trinajstić information content (AvgIpc) is 2.31. The molecule has 3 heteroatoms. The summed E-state index contributed by atoms with van der Waals surface area (Å²) in [5.74, 6) is 0. The molecule has 15 heavy (non-hydrogen) atoms. The van der Waals surface area contributed by atoms with Crippen LogP contribution in [-0.4, -0.2) is 15.3 Å². The van der Waals surface area contributed by atoms with Crippen LogP contribution in [0, 0.1) is 0 Å². The Morgan fingerprint density at radius 1 is 1.07 bits per heavy atom. The minimum Gasteiger partial charge on any atom is -0.379 e. The lowest BCUT2D eigenvalue weighted by molar-refractivity contribution is 0.0963. The van der Waals surface area contributed by atoms with Gasteiger partial charge in [0.1, 0.15) is 5.60 Å². The maximum atomic E-state index is 10.4. The highest BCUT2D eigenvalue weighted by molar-refractivity contribution is 5.30. The predicted octanol–water partition coefficient (Wildman–Crippen LogP) is 1.73. The highest BCUT2D eigenvalue weighted by atomic mass is 16.3. The first-order valence-corrected chi connectivity index (χ1v) is 4.77. The van der Waals surface area contributed by atoms with Gasteiger partial charge in [-0.05, 0) is 24.6 Å². The Labute approximate surface area is 88.4 Å². The molecule has 3 nitrogen and oxygen atoms in total. The molecule has 0 aliphatic rings. The summed E-state index contributed by atoms with van der Waals surface area (Å²) in [7, 11) is 0. The number of rotatable bonds is 2. The number of benzene rings is 1. The van der Waals surface area contributed by atoms with Gasteiger partial charge >= 0.3 is 0 Å². The number of aromatic nitrogens is 2. The Balaban J connectivity index is 2.44. The molecule has 0 fully saturated rings. The first kappa shape index (κ1) is 9.80. The van der Waals surface area contributed by atoms with Crippen LogP contribution in [0.15, 0.2) is 48.7 Å². The normalized spacial score (nSPS) is 14.5. The largest absolute Gasteiger partial charge is 0.379 e. The molecule has 1 heterocycles. The summed E-state index contributed by atoms with van der Waals surface area (Å²) in [6, 6.07) is 13.0. The summed E-state index contributed by atoms with van der Waals surface area (Å²) in [6.07, 6.45) is 1.59. The highest BCUT2D eigenvalue weighted by Crippen LogP contribution is 2.26. The molecule has 1 aromatic carbocycles. The van der Waals surface area contributed by atoms with Gasteiger partial charge in [-0.3, -0.25) is 0 Å². The fourth-order valence-electron chi connectivity index (χ4n) is 1.47. The molecule has 0 bridgehead atoms. The minimum absolute atomic E-state index is 0.552. The van der Waals surface area contributed by atoms with Crippen LogP contribution in [0.2, 0.25) is 0 Å². The van der Waals surface area contributed by atoms with Gasteiger partial charge in [0.2, 0.25) is 0 Å². The van der Waals surface area contributed by atoms with E-state index < -0.39 is 5.60 Å². The van der Waals surface area contributed by atoms with Crippen LogP contribution in [-0.2, 0) is 5.60 Å². The van der Waals surface area contributed by atoms with Gasteiger partial charge < -0.3 is 5.11 Å². The van der Waals surface area contributed by atoms with Crippen LogP contribution in [0.3, 0.4) is 0 Å². The summed E-state index contributed by atoms with van der Waals surface area (Å²) in [4.78, 5) is 0. The van der Waals surface area contributed by atoms with Gasteiger partial charge in [-0.1, -0.05) is 30.3 Å². The standard InChI is InChI=1S/C12H12N2O/c1-12(15,10-6-3-2-4-7-10)11-8-5-9-13-14-11/h2-9,15H,1H3. The van der Waals surface area contributed by atoms with E-state index in [1.165, 1.54) is 0 Å². The van der Waals surface area contributed by atoms with Crippen LogP contribution in [0.25, 0.3) is 0 Å². The van der Waals surface area contributed by atoms with Gasteiger partial charge in [0.05, 0.1) is 5.69 Å². The number of nitrogens with zero attached hydrogens (tertiary/aromatic N) is 2. The van der Waals surface area contributed by atoms with E-state index in [0.29, 0.717) is 5.69 Å². The lowest BCUT2D eigenvalue weighted by atomic mass is 9.92. The maximum Gasteiger partial charge on any atom is 0.130 e. The molecule has 1 aromatic heterocycles. The molecule has 76 valence electrons. The lowest BCUT2D eigenvalue weighted by Gasteiger charge is -2.22. The van der Waals surface area contributed by atoms with Crippen LogP contribution in [0.4, 0.5) is 0 Å². The fraction of sp³-hybridized carbons (Fsp3) is 0.167. The second-order valence-corrected chi connectivity index (χ2v) is 3.55. The third-order valence-corrected chi connectivity index (χ3v) is 2.41. The SMILES string of the molecule is CC(O)(c1ccccc1)c1cccnn1. The molecule has 2 aromatic rings. The molecule has 1 unspecified atom stereocenters. The predicted molar refractivity (Wildman–Crippen MR) is 57.1 cm³/mol. The van der Waals surface area contributed by atoms with E-state index in [9.17, 15) is 5.11 Å². The Morgan fingerprint density at radius 2 is 1.80 bits per heavy atom. The van der Waals surface area contributed by atoms with E-state index >= 15 is 0 Å². The zero-order valence-corrected chi connectivity index (χ0v) is 8.46. The summed E-state index contributed by atoms with van der Waals surface area (Å²) >= 11 is 0. The fourth-order valence-corrected chi connectivity index (χ4v) is 1.47. The van der Waals surface area contributed by atoms with E-state index in [2.05, 4.69) is 10.2 Å². The molecule has 0 saturated heterocycles. The molecule has 0 saturated carbocycles. The number of hydrogen-bond acceptors (Lipinski definition) is 3. The third-order valence-electron chi connectivity index (χ3n) is 2.41. The summed E-state index contributed by atoms with van der Waals surface area (Å²) in [5, 5.41) is 18.0. The molecule has 0 aliphatic carbocycles. The Morgan fingerprint density at radius 3 is 2.40 bits per heavy atom. The number of hydrogen-bond donors (Lipinski definition) is 1. The quantitative estimate of drug-likeness (QED) is 0.803. The molecule has 1 atom stereocenters. The van der Waals surface area contributed by atoms with E-state index in [-0.39, 0.29) is 0 Å². The van der Waals surface area contributed by atoms with Crippen molar-refractivity contribution < 1.29 is 5.11 Å². The van der Waals surface area contributed by atoms with E-state index in [1.54, 1.807) is 25.3 Å². The number of aliphatic hydroxyl groups is 1. The molecule has 0 radical (unpaired) electrons. The van der Waals surface area contributed by atoms with Crippen LogP contribution >= 0.6 is 0 Å². The van der Waals surface area contributed by atoms with Crippen molar-refractivity contribution in [2.45, 2.75) is 12.5 Å². The van der Waals surface area contributed by atoms with Crippen molar-refractivity contribution in [3.8, 4) is 0 Å². The molecular formula is C12H12N2O. The van der Waals surface area contributed by atoms with Crippen LogP contribution < -0.4 is 0 Å². The van der Waals surface area contributed by atoms with Crippen molar-refractivity contribution in [2.24, 2.45) is 0 Å². The third kappa shape index (κ3) is 1.87. The first-order valence-electron chi connectivity index (χ1n) is 4.77. The van der Waals surface area contributed by atoms with E-state index in [4.69, 9.17) is 0 Å². The van der Waals surface area contributed by atoms with Crippen LogP contribution in [0.5, 0.6) is 0 Å². The van der Waals surface area contributed by atoms with Gasteiger partial charge in [0.15, 0.2) is 0 Å². The summed E-state index contributed by atoms with van der Waals surface area (Å²) in [5.41, 5.74) is 0.275. The van der Waals surface area contributed by atoms with Crippen molar-refractivity contribution in [3.63, 3.8) is 0 Å². The molecular weight excluding hydrogens is 188 g/mol. The van der Waals surface area contributed by atoms with Gasteiger partial charge in [0.25, 0.3) is 0 Å². The Bertz CT molecular complexity index is 384. The molecule has 1 N–H and O–H groups in total. The smallest absolute Gasteiger partial charge is 0.130 e. The molecule has 0 spiro atoms. The highest BCUT2D eigenvalue weighted by Gasteiger charge is 2.26. The van der Waals surface area contributed by atoms with Gasteiger partial charge in [-0.2, -0.15) is 10.2 Å². The maximum absolute atomic E-state index is 10.4. The van der Waals surface area contributed by atoms with Gasteiger partial charge in [-0.25, -0.2) is 0 Å². The van der Waals surface area contributed by atoms with Crippen molar-refractivity contribution in [1.29, 1.82) is 0 Å². The minimum atomic E-state index is -1.09. The van der Waals surface area contributed by atoms with Gasteiger partial charge in [-0.15, -0.1) is 0 Å². The Hall–Kier alpha value is -1.74. The van der Waals surface area contributed by atoms with Crippen molar-refractivity contribution in [1.82, 2.24) is 10.2 Å². The Kier molecular flexibility index (Phi) is 2.47. The van der Waals surface area contributed by atoms with Crippen molar-refractivity contribution in [3.05, 3.63) is 59.9 Å². The van der Waals surface area contributed by atoms with E-state index in [0.717, 1.165) is 5.56 Å². The second kappa shape index (κ2) is 3.79. The zero-order chi connectivity index (χ0) is 10.7.